The van der Waals surface area contributed by atoms with Gasteiger partial charge in [-0.1, -0.05) is 40.9 Å². The molecular formula is C17H14Cl2FN3O2. The summed E-state index contributed by atoms with van der Waals surface area (Å²) in [5.74, 6) is -2.52. The van der Waals surface area contributed by atoms with Crippen LogP contribution in [0.15, 0.2) is 41.5 Å². The van der Waals surface area contributed by atoms with Crippen LogP contribution in [-0.2, 0) is 9.59 Å². The van der Waals surface area contributed by atoms with E-state index in [1.165, 1.54) is 13.0 Å². The maximum Gasteiger partial charge on any atom is 0.329 e. The predicted octanol–water partition coefficient (Wildman–Crippen LogP) is 3.92. The molecule has 2 rings (SSSR count). The SMILES string of the molecule is C/C(=N/NC(=O)C(=O)Nc1ccc(C)cc1)c1cc(F)c(Cl)cc1Cl. The van der Waals surface area contributed by atoms with Crippen LogP contribution in [0, 0.1) is 12.7 Å². The van der Waals surface area contributed by atoms with Crippen molar-refractivity contribution in [2.24, 2.45) is 5.10 Å². The fourth-order valence-electron chi connectivity index (χ4n) is 1.87. The van der Waals surface area contributed by atoms with Crippen LogP contribution in [0.5, 0.6) is 0 Å². The molecule has 0 aliphatic rings. The van der Waals surface area contributed by atoms with Gasteiger partial charge in [0, 0.05) is 11.3 Å². The summed E-state index contributed by atoms with van der Waals surface area (Å²) >= 11 is 11.6. The van der Waals surface area contributed by atoms with E-state index < -0.39 is 17.6 Å². The highest BCUT2D eigenvalue weighted by Gasteiger charge is 2.14. The van der Waals surface area contributed by atoms with Crippen molar-refractivity contribution in [1.82, 2.24) is 5.43 Å². The molecule has 0 aliphatic carbocycles. The van der Waals surface area contributed by atoms with Crippen LogP contribution in [0.25, 0.3) is 0 Å². The van der Waals surface area contributed by atoms with Gasteiger partial charge >= 0.3 is 11.8 Å². The Morgan fingerprint density at radius 3 is 2.32 bits per heavy atom. The van der Waals surface area contributed by atoms with Crippen LogP contribution in [0.4, 0.5) is 10.1 Å². The van der Waals surface area contributed by atoms with Gasteiger partial charge in [0.15, 0.2) is 0 Å². The molecule has 0 fully saturated rings. The molecule has 0 heterocycles. The molecule has 0 aliphatic heterocycles. The highest BCUT2D eigenvalue weighted by atomic mass is 35.5. The Morgan fingerprint density at radius 2 is 1.68 bits per heavy atom. The van der Waals surface area contributed by atoms with Gasteiger partial charge in [0.2, 0.25) is 0 Å². The molecule has 2 aromatic carbocycles. The Morgan fingerprint density at radius 1 is 1.04 bits per heavy atom. The summed E-state index contributed by atoms with van der Waals surface area (Å²) in [5.41, 5.74) is 4.07. The number of amides is 2. The van der Waals surface area contributed by atoms with Crippen LogP contribution in [0.2, 0.25) is 10.0 Å². The Balaban J connectivity index is 2.04. The molecule has 0 aromatic heterocycles. The molecule has 25 heavy (non-hydrogen) atoms. The van der Waals surface area contributed by atoms with E-state index >= 15 is 0 Å². The number of hydrazone groups is 1. The van der Waals surface area contributed by atoms with Crippen LogP contribution < -0.4 is 10.7 Å². The number of hydrogen-bond acceptors (Lipinski definition) is 3. The third-order valence-electron chi connectivity index (χ3n) is 3.24. The molecule has 130 valence electrons. The fourth-order valence-corrected chi connectivity index (χ4v) is 2.39. The van der Waals surface area contributed by atoms with Gasteiger partial charge in [-0.05, 0) is 38.1 Å². The summed E-state index contributed by atoms with van der Waals surface area (Å²) in [4.78, 5) is 23.6. The normalized spacial score (nSPS) is 11.2. The molecule has 5 nitrogen and oxygen atoms in total. The average molecular weight is 382 g/mol. The molecule has 0 unspecified atom stereocenters. The van der Waals surface area contributed by atoms with Crippen molar-refractivity contribution < 1.29 is 14.0 Å². The van der Waals surface area contributed by atoms with Crippen molar-refractivity contribution in [2.45, 2.75) is 13.8 Å². The first-order chi connectivity index (χ1) is 11.8. The van der Waals surface area contributed by atoms with E-state index in [4.69, 9.17) is 23.2 Å². The fraction of sp³-hybridized carbons (Fsp3) is 0.118. The minimum Gasteiger partial charge on any atom is -0.318 e. The zero-order chi connectivity index (χ0) is 18.6. The largest absolute Gasteiger partial charge is 0.329 e. The lowest BCUT2D eigenvalue weighted by Gasteiger charge is -2.07. The molecule has 8 heteroatoms. The van der Waals surface area contributed by atoms with Gasteiger partial charge in [-0.25, -0.2) is 9.82 Å². The first kappa shape index (κ1) is 18.9. The van der Waals surface area contributed by atoms with Crippen molar-refractivity contribution in [3.05, 3.63) is 63.4 Å². The Hall–Kier alpha value is -2.44. The number of halogens is 3. The molecular weight excluding hydrogens is 368 g/mol. The van der Waals surface area contributed by atoms with Crippen molar-refractivity contribution in [3.8, 4) is 0 Å². The molecule has 0 atom stereocenters. The number of carbonyl (C=O) groups is 2. The van der Waals surface area contributed by atoms with Crippen LogP contribution in [0.3, 0.4) is 0 Å². The van der Waals surface area contributed by atoms with Crippen molar-refractivity contribution in [2.75, 3.05) is 5.32 Å². The third kappa shape index (κ3) is 5.01. The number of aryl methyl sites for hydroxylation is 1. The summed E-state index contributed by atoms with van der Waals surface area (Å²) in [5, 5.41) is 6.25. The Labute approximate surface area is 153 Å². The summed E-state index contributed by atoms with van der Waals surface area (Å²) in [6, 6.07) is 9.27. The molecule has 2 aromatic rings. The second kappa shape index (κ2) is 8.09. The standard InChI is InChI=1S/C17H14Cl2FN3O2/c1-9-3-5-11(6-4-9)21-16(24)17(25)23-22-10(2)12-7-15(20)14(19)8-13(12)18/h3-8H,1-2H3,(H,21,24)(H,23,25)/b22-10-. The second-order valence-electron chi connectivity index (χ2n) is 5.20. The third-order valence-corrected chi connectivity index (χ3v) is 3.84. The maximum atomic E-state index is 13.5. The average Bonchev–Trinajstić information content (AvgIpc) is 2.57. The smallest absolute Gasteiger partial charge is 0.318 e. The summed E-state index contributed by atoms with van der Waals surface area (Å²) < 4.78 is 13.5. The summed E-state index contributed by atoms with van der Waals surface area (Å²) in [6.45, 7) is 3.41. The zero-order valence-electron chi connectivity index (χ0n) is 13.4. The van der Waals surface area contributed by atoms with Crippen molar-refractivity contribution in [1.29, 1.82) is 0 Å². The number of nitrogens with zero attached hydrogens (tertiary/aromatic N) is 1. The van der Waals surface area contributed by atoms with Gasteiger partial charge in [-0.2, -0.15) is 5.10 Å². The van der Waals surface area contributed by atoms with Crippen molar-refractivity contribution >= 4 is 46.4 Å². The lowest BCUT2D eigenvalue weighted by molar-refractivity contribution is -0.136. The number of hydrogen-bond donors (Lipinski definition) is 2. The molecule has 0 bridgehead atoms. The molecule has 2 N–H and O–H groups in total. The number of benzene rings is 2. The predicted molar refractivity (Wildman–Crippen MR) is 96.6 cm³/mol. The van der Waals surface area contributed by atoms with Gasteiger partial charge < -0.3 is 5.32 Å². The highest BCUT2D eigenvalue weighted by Crippen LogP contribution is 2.24. The maximum absolute atomic E-state index is 13.5. The Kier molecular flexibility index (Phi) is 6.12. The number of nitrogens with one attached hydrogen (secondary N) is 2. The quantitative estimate of drug-likeness (QED) is 0.366. The van der Waals surface area contributed by atoms with Crippen molar-refractivity contribution in [3.63, 3.8) is 0 Å². The number of anilines is 1. The minimum atomic E-state index is -0.967. The van der Waals surface area contributed by atoms with E-state index in [0.717, 1.165) is 11.6 Å². The van der Waals surface area contributed by atoms with Gasteiger partial charge in [-0.3, -0.25) is 9.59 Å². The first-order valence-corrected chi connectivity index (χ1v) is 7.90. The van der Waals surface area contributed by atoms with E-state index in [9.17, 15) is 14.0 Å². The topological polar surface area (TPSA) is 70.6 Å². The number of rotatable bonds is 3. The molecule has 2 amide bonds. The van der Waals surface area contributed by atoms with Crippen LogP contribution in [0.1, 0.15) is 18.1 Å². The van der Waals surface area contributed by atoms with Gasteiger partial charge in [0.1, 0.15) is 5.82 Å². The van der Waals surface area contributed by atoms with E-state index in [-0.39, 0.29) is 21.3 Å². The van der Waals surface area contributed by atoms with E-state index in [1.807, 2.05) is 6.92 Å². The molecule has 0 radical (unpaired) electrons. The molecule has 0 saturated heterocycles. The van der Waals surface area contributed by atoms with E-state index in [0.29, 0.717) is 5.69 Å². The molecule has 0 spiro atoms. The lowest BCUT2D eigenvalue weighted by atomic mass is 10.1. The van der Waals surface area contributed by atoms with Crippen LogP contribution >= 0.6 is 23.2 Å². The zero-order valence-corrected chi connectivity index (χ0v) is 14.9. The van der Waals surface area contributed by atoms with E-state index in [2.05, 4.69) is 15.8 Å². The summed E-state index contributed by atoms with van der Waals surface area (Å²) in [6.07, 6.45) is 0. The van der Waals surface area contributed by atoms with Crippen LogP contribution in [-0.4, -0.2) is 17.5 Å². The van der Waals surface area contributed by atoms with Gasteiger partial charge in [0.05, 0.1) is 15.8 Å². The minimum absolute atomic E-state index is 0.122. The summed E-state index contributed by atoms with van der Waals surface area (Å²) in [7, 11) is 0. The second-order valence-corrected chi connectivity index (χ2v) is 6.02. The highest BCUT2D eigenvalue weighted by molar-refractivity contribution is 6.40. The lowest BCUT2D eigenvalue weighted by Crippen LogP contribution is -2.33. The number of carbonyl (C=O) groups excluding carboxylic acids is 2. The monoisotopic (exact) mass is 381 g/mol. The van der Waals surface area contributed by atoms with Gasteiger partial charge in [0.25, 0.3) is 0 Å². The van der Waals surface area contributed by atoms with E-state index in [1.54, 1.807) is 24.3 Å². The van der Waals surface area contributed by atoms with Gasteiger partial charge in [-0.15, -0.1) is 0 Å². The Bertz CT molecular complexity index is 852. The molecule has 0 saturated carbocycles. The first-order valence-electron chi connectivity index (χ1n) is 7.15.